The minimum absolute atomic E-state index is 0.0712. The lowest BCUT2D eigenvalue weighted by molar-refractivity contribution is 0.116. The Balaban J connectivity index is 1.34. The molecule has 3 heterocycles. The number of aromatic nitrogens is 5. The van der Waals surface area contributed by atoms with E-state index in [2.05, 4.69) is 25.4 Å². The maximum absolute atomic E-state index is 10.2. The van der Waals surface area contributed by atoms with Gasteiger partial charge in [-0.15, -0.1) is 0 Å². The predicted molar refractivity (Wildman–Crippen MR) is 116 cm³/mol. The molecule has 8 nitrogen and oxygen atoms in total. The molecule has 1 aromatic carbocycles. The van der Waals surface area contributed by atoms with Gasteiger partial charge in [0.15, 0.2) is 11.0 Å². The zero-order chi connectivity index (χ0) is 20.5. The van der Waals surface area contributed by atoms with Crippen LogP contribution in [0.15, 0.2) is 42.9 Å². The number of nitrogens with zero attached hydrogens (tertiary/aromatic N) is 5. The Kier molecular flexibility index (Phi) is 5.06. The summed E-state index contributed by atoms with van der Waals surface area (Å²) in [5.74, 6) is 1.72. The fraction of sp³-hybridized carbons (Fsp3) is 0.333. The molecule has 0 amide bonds. The van der Waals surface area contributed by atoms with E-state index in [0.717, 1.165) is 46.6 Å². The van der Waals surface area contributed by atoms with Gasteiger partial charge in [0.2, 0.25) is 5.88 Å². The van der Waals surface area contributed by atoms with Crippen LogP contribution in [0.1, 0.15) is 25.7 Å². The second-order valence-electron chi connectivity index (χ2n) is 7.47. The van der Waals surface area contributed by atoms with E-state index in [1.54, 1.807) is 34.5 Å². The maximum atomic E-state index is 10.2. The zero-order valence-electron chi connectivity index (χ0n) is 16.5. The minimum atomic E-state index is -0.309. The number of aliphatic hydroxyl groups excluding tert-OH is 1. The Labute approximate surface area is 177 Å². The quantitative estimate of drug-likeness (QED) is 0.502. The number of ether oxygens (including phenoxy) is 1. The van der Waals surface area contributed by atoms with Gasteiger partial charge in [-0.2, -0.15) is 10.1 Å². The van der Waals surface area contributed by atoms with E-state index in [1.807, 2.05) is 31.4 Å². The fourth-order valence-electron chi connectivity index (χ4n) is 3.66. The summed E-state index contributed by atoms with van der Waals surface area (Å²) in [5.41, 5.74) is 1.74. The molecule has 4 aromatic rings. The highest BCUT2D eigenvalue weighted by Gasteiger charge is 2.23. The topological polar surface area (TPSA) is 98.0 Å². The summed E-state index contributed by atoms with van der Waals surface area (Å²) >= 11 is 1.56. The van der Waals surface area contributed by atoms with Crippen LogP contribution in [0, 0.1) is 0 Å². The smallest absolute Gasteiger partial charge is 0.222 e. The van der Waals surface area contributed by atoms with Crippen LogP contribution >= 0.6 is 11.3 Å². The third-order valence-corrected chi connectivity index (χ3v) is 6.16. The third kappa shape index (κ3) is 3.99. The van der Waals surface area contributed by atoms with Crippen LogP contribution < -0.4 is 10.1 Å². The van der Waals surface area contributed by atoms with E-state index >= 15 is 0 Å². The number of aliphatic hydroxyl groups is 1. The molecule has 2 atom stereocenters. The van der Waals surface area contributed by atoms with Gasteiger partial charge in [0.05, 0.1) is 34.1 Å². The number of hydrogen-bond acceptors (Lipinski definition) is 8. The number of hydrogen-bond donors (Lipinski definition) is 2. The van der Waals surface area contributed by atoms with E-state index in [9.17, 15) is 5.11 Å². The second-order valence-corrected chi connectivity index (χ2v) is 8.51. The van der Waals surface area contributed by atoms with E-state index < -0.39 is 0 Å². The fourth-order valence-corrected chi connectivity index (χ4v) is 4.62. The van der Waals surface area contributed by atoms with Gasteiger partial charge in [-0.3, -0.25) is 4.68 Å². The second kappa shape index (κ2) is 8.00. The molecule has 0 saturated heterocycles. The molecule has 1 saturated carbocycles. The van der Waals surface area contributed by atoms with Crippen molar-refractivity contribution in [2.75, 3.05) is 5.32 Å². The summed E-state index contributed by atoms with van der Waals surface area (Å²) < 4.78 is 8.70. The summed E-state index contributed by atoms with van der Waals surface area (Å²) in [7, 11) is 1.85. The molecule has 1 aliphatic carbocycles. The van der Waals surface area contributed by atoms with Gasteiger partial charge in [-0.1, -0.05) is 24.2 Å². The molecule has 0 unspecified atom stereocenters. The van der Waals surface area contributed by atoms with Gasteiger partial charge in [-0.25, -0.2) is 9.97 Å². The lowest BCUT2D eigenvalue weighted by Gasteiger charge is -2.27. The van der Waals surface area contributed by atoms with Gasteiger partial charge in [0.25, 0.3) is 0 Å². The molecule has 5 rings (SSSR count). The lowest BCUT2D eigenvalue weighted by atomic mass is 9.93. The minimum Gasteiger partial charge on any atom is -0.439 e. The molecule has 0 radical (unpaired) electrons. The molecular formula is C21H22N6O2S. The van der Waals surface area contributed by atoms with Crippen molar-refractivity contribution in [2.45, 2.75) is 37.8 Å². The van der Waals surface area contributed by atoms with Crippen molar-refractivity contribution in [3.8, 4) is 23.0 Å². The highest BCUT2D eigenvalue weighted by Crippen LogP contribution is 2.32. The molecule has 3 aromatic heterocycles. The van der Waals surface area contributed by atoms with Crippen molar-refractivity contribution in [3.63, 3.8) is 0 Å². The summed E-state index contributed by atoms with van der Waals surface area (Å²) in [6.45, 7) is 0. The Morgan fingerprint density at radius 1 is 1.20 bits per heavy atom. The summed E-state index contributed by atoms with van der Waals surface area (Å²) in [6.07, 6.45) is 8.99. The van der Waals surface area contributed by atoms with Crippen LogP contribution in [0.3, 0.4) is 0 Å². The van der Waals surface area contributed by atoms with E-state index in [0.29, 0.717) is 17.5 Å². The number of anilines is 1. The molecule has 1 fully saturated rings. The van der Waals surface area contributed by atoms with Crippen LogP contribution in [0.2, 0.25) is 0 Å². The lowest BCUT2D eigenvalue weighted by Crippen LogP contribution is -2.36. The molecule has 0 spiro atoms. The number of rotatable bonds is 5. The van der Waals surface area contributed by atoms with Crippen molar-refractivity contribution >= 4 is 26.7 Å². The molecule has 9 heteroatoms. The molecular weight excluding hydrogens is 400 g/mol. The Bertz CT molecular complexity index is 1170. The number of nitrogens with one attached hydrogen (secondary N) is 1. The Morgan fingerprint density at radius 2 is 2.10 bits per heavy atom. The largest absolute Gasteiger partial charge is 0.439 e. The summed E-state index contributed by atoms with van der Waals surface area (Å²) in [6, 6.07) is 7.58. The predicted octanol–water partition coefficient (Wildman–Crippen LogP) is 3.99. The normalized spacial score (nSPS) is 19.1. The number of thiazole rings is 1. The zero-order valence-corrected chi connectivity index (χ0v) is 17.3. The van der Waals surface area contributed by atoms with Crippen molar-refractivity contribution in [1.29, 1.82) is 0 Å². The molecule has 0 bridgehead atoms. The van der Waals surface area contributed by atoms with Crippen LogP contribution in [-0.2, 0) is 7.05 Å². The molecule has 1 aliphatic rings. The van der Waals surface area contributed by atoms with Gasteiger partial charge < -0.3 is 15.2 Å². The van der Waals surface area contributed by atoms with Crippen molar-refractivity contribution in [1.82, 2.24) is 24.7 Å². The van der Waals surface area contributed by atoms with Crippen LogP contribution in [0.5, 0.6) is 11.6 Å². The number of benzene rings is 1. The Morgan fingerprint density at radius 3 is 2.93 bits per heavy atom. The van der Waals surface area contributed by atoms with Gasteiger partial charge in [-0.05, 0) is 25.0 Å². The van der Waals surface area contributed by atoms with E-state index in [1.165, 1.54) is 0 Å². The highest BCUT2D eigenvalue weighted by molar-refractivity contribution is 7.22. The van der Waals surface area contributed by atoms with Crippen LogP contribution in [0.4, 0.5) is 5.13 Å². The van der Waals surface area contributed by atoms with Gasteiger partial charge in [0.1, 0.15) is 5.75 Å². The summed E-state index contributed by atoms with van der Waals surface area (Å²) in [5, 5.41) is 18.6. The van der Waals surface area contributed by atoms with Crippen molar-refractivity contribution < 1.29 is 9.84 Å². The van der Waals surface area contributed by atoms with Gasteiger partial charge in [0, 0.05) is 31.6 Å². The Hall–Kier alpha value is -3.04. The first-order chi connectivity index (χ1) is 14.6. The summed E-state index contributed by atoms with van der Waals surface area (Å²) in [4.78, 5) is 13.4. The average molecular weight is 423 g/mol. The highest BCUT2D eigenvalue weighted by atomic mass is 32.1. The first-order valence-corrected chi connectivity index (χ1v) is 10.8. The number of aryl methyl sites for hydroxylation is 1. The number of fused-ring (bicyclic) bond motifs is 1. The van der Waals surface area contributed by atoms with Crippen LogP contribution in [-0.4, -0.2) is 42.0 Å². The first-order valence-electron chi connectivity index (χ1n) is 9.99. The molecule has 30 heavy (non-hydrogen) atoms. The van der Waals surface area contributed by atoms with Crippen molar-refractivity contribution in [2.24, 2.45) is 7.05 Å². The molecule has 154 valence electrons. The third-order valence-electron chi connectivity index (χ3n) is 5.21. The molecule has 0 aliphatic heterocycles. The van der Waals surface area contributed by atoms with E-state index in [-0.39, 0.29) is 12.1 Å². The monoisotopic (exact) mass is 422 g/mol. The van der Waals surface area contributed by atoms with Crippen LogP contribution in [0.25, 0.3) is 21.6 Å². The van der Waals surface area contributed by atoms with Gasteiger partial charge >= 0.3 is 0 Å². The van der Waals surface area contributed by atoms with Crippen molar-refractivity contribution in [3.05, 3.63) is 42.9 Å². The first kappa shape index (κ1) is 19.0. The van der Waals surface area contributed by atoms with E-state index in [4.69, 9.17) is 4.74 Å². The standard InChI is InChI=1S/C21H22N6O2S/c1-27-12-13(11-23-27)20-22-9-8-19(26-20)29-14-6-7-16-18(10-14)30-21(25-16)24-15-4-2-3-5-17(15)28/h6-12,15,17,28H,2-5H2,1H3,(H,24,25)/t15-,17-/m1/s1. The SMILES string of the molecule is Cn1cc(-c2nccc(Oc3ccc4nc(N[C@@H]5CCCC[C@H]5O)sc4c3)n2)cn1. The molecule has 2 N–H and O–H groups in total. The maximum Gasteiger partial charge on any atom is 0.222 e. The average Bonchev–Trinajstić information content (AvgIpc) is 3.35.